The predicted octanol–water partition coefficient (Wildman–Crippen LogP) is 3.86. The van der Waals surface area contributed by atoms with Crippen molar-refractivity contribution in [2.45, 2.75) is 33.2 Å². The molecular formula is C18H23NO. The van der Waals surface area contributed by atoms with Gasteiger partial charge in [0.05, 0.1) is 7.11 Å². The van der Waals surface area contributed by atoms with E-state index in [9.17, 15) is 0 Å². The van der Waals surface area contributed by atoms with Crippen LogP contribution in [0.4, 0.5) is 0 Å². The molecule has 0 spiro atoms. The maximum absolute atomic E-state index is 6.39. The van der Waals surface area contributed by atoms with Crippen LogP contribution < -0.4 is 10.5 Å². The summed E-state index contributed by atoms with van der Waals surface area (Å²) < 4.78 is 5.56. The molecule has 0 aliphatic carbocycles. The Labute approximate surface area is 121 Å². The number of ether oxygens (including phenoxy) is 1. The predicted molar refractivity (Wildman–Crippen MR) is 84.3 cm³/mol. The average Bonchev–Trinajstić information content (AvgIpc) is 2.41. The highest BCUT2D eigenvalue weighted by Gasteiger charge is 2.15. The lowest BCUT2D eigenvalue weighted by Gasteiger charge is -2.19. The highest BCUT2D eigenvalue weighted by atomic mass is 16.5. The van der Waals surface area contributed by atoms with Crippen LogP contribution in [0.2, 0.25) is 0 Å². The van der Waals surface area contributed by atoms with Crippen LogP contribution in [0.5, 0.6) is 5.75 Å². The van der Waals surface area contributed by atoms with E-state index in [1.165, 1.54) is 22.3 Å². The lowest BCUT2D eigenvalue weighted by molar-refractivity contribution is 0.402. The van der Waals surface area contributed by atoms with Gasteiger partial charge in [-0.05, 0) is 43.9 Å². The van der Waals surface area contributed by atoms with Crippen LogP contribution in [0, 0.1) is 20.8 Å². The Balaban J connectivity index is 2.29. The van der Waals surface area contributed by atoms with E-state index in [0.29, 0.717) is 0 Å². The van der Waals surface area contributed by atoms with Gasteiger partial charge < -0.3 is 10.5 Å². The number of rotatable bonds is 4. The first-order valence-corrected chi connectivity index (χ1v) is 6.98. The third-order valence-electron chi connectivity index (χ3n) is 3.85. The van der Waals surface area contributed by atoms with E-state index in [0.717, 1.165) is 17.7 Å². The molecule has 20 heavy (non-hydrogen) atoms. The van der Waals surface area contributed by atoms with Crippen molar-refractivity contribution in [1.29, 1.82) is 0 Å². The fourth-order valence-corrected chi connectivity index (χ4v) is 2.58. The number of aryl methyl sites for hydroxylation is 2. The Kier molecular flexibility index (Phi) is 4.46. The summed E-state index contributed by atoms with van der Waals surface area (Å²) >= 11 is 0. The molecule has 2 aromatic carbocycles. The molecule has 0 saturated heterocycles. The van der Waals surface area contributed by atoms with Crippen molar-refractivity contribution in [2.24, 2.45) is 5.73 Å². The van der Waals surface area contributed by atoms with Gasteiger partial charge in [0.25, 0.3) is 0 Å². The number of benzene rings is 2. The molecule has 2 heteroatoms. The fourth-order valence-electron chi connectivity index (χ4n) is 2.58. The molecule has 0 fully saturated rings. The Hall–Kier alpha value is -1.80. The Morgan fingerprint density at radius 1 is 1.10 bits per heavy atom. The van der Waals surface area contributed by atoms with E-state index in [4.69, 9.17) is 10.5 Å². The molecule has 0 saturated carbocycles. The zero-order valence-corrected chi connectivity index (χ0v) is 12.7. The first-order valence-electron chi connectivity index (χ1n) is 6.98. The van der Waals surface area contributed by atoms with Gasteiger partial charge in [-0.3, -0.25) is 0 Å². The second-order valence-corrected chi connectivity index (χ2v) is 5.43. The van der Waals surface area contributed by atoms with Gasteiger partial charge in [-0.25, -0.2) is 0 Å². The summed E-state index contributed by atoms with van der Waals surface area (Å²) in [4.78, 5) is 0. The zero-order chi connectivity index (χ0) is 14.7. The van der Waals surface area contributed by atoms with Crippen LogP contribution in [0.3, 0.4) is 0 Å². The van der Waals surface area contributed by atoms with Crippen LogP contribution >= 0.6 is 0 Å². The van der Waals surface area contributed by atoms with Gasteiger partial charge in [0, 0.05) is 11.6 Å². The molecule has 0 aliphatic rings. The van der Waals surface area contributed by atoms with E-state index in [-0.39, 0.29) is 6.04 Å². The van der Waals surface area contributed by atoms with Gasteiger partial charge in [0.1, 0.15) is 5.75 Å². The minimum Gasteiger partial charge on any atom is -0.496 e. The minimum atomic E-state index is -0.0500. The van der Waals surface area contributed by atoms with Crippen molar-refractivity contribution >= 4 is 0 Å². The molecule has 0 bridgehead atoms. The van der Waals surface area contributed by atoms with Crippen molar-refractivity contribution in [2.75, 3.05) is 7.11 Å². The summed E-state index contributed by atoms with van der Waals surface area (Å²) in [5, 5.41) is 0. The largest absolute Gasteiger partial charge is 0.496 e. The maximum atomic E-state index is 6.39. The Morgan fingerprint density at radius 2 is 1.85 bits per heavy atom. The zero-order valence-electron chi connectivity index (χ0n) is 12.7. The molecule has 1 unspecified atom stereocenters. The SMILES string of the molecule is COc1c(C(N)Cc2cccc(C)c2)ccc(C)c1C. The van der Waals surface area contributed by atoms with E-state index in [2.05, 4.69) is 57.2 Å². The van der Waals surface area contributed by atoms with Crippen LogP contribution in [-0.2, 0) is 6.42 Å². The van der Waals surface area contributed by atoms with E-state index in [1.807, 2.05) is 0 Å². The van der Waals surface area contributed by atoms with E-state index in [1.54, 1.807) is 7.11 Å². The molecule has 2 aromatic rings. The van der Waals surface area contributed by atoms with Crippen molar-refractivity contribution < 1.29 is 4.74 Å². The molecule has 1 atom stereocenters. The molecule has 0 amide bonds. The van der Waals surface area contributed by atoms with Gasteiger partial charge in [0.15, 0.2) is 0 Å². The molecular weight excluding hydrogens is 246 g/mol. The lowest BCUT2D eigenvalue weighted by atomic mass is 9.95. The molecule has 0 radical (unpaired) electrons. The van der Waals surface area contributed by atoms with Crippen LogP contribution in [0.15, 0.2) is 36.4 Å². The normalized spacial score (nSPS) is 12.2. The average molecular weight is 269 g/mol. The summed E-state index contributed by atoms with van der Waals surface area (Å²) in [7, 11) is 1.71. The topological polar surface area (TPSA) is 35.2 Å². The Bertz CT molecular complexity index is 604. The first kappa shape index (κ1) is 14.6. The lowest BCUT2D eigenvalue weighted by Crippen LogP contribution is -2.15. The molecule has 106 valence electrons. The van der Waals surface area contributed by atoms with Gasteiger partial charge >= 0.3 is 0 Å². The van der Waals surface area contributed by atoms with Gasteiger partial charge in [-0.2, -0.15) is 0 Å². The summed E-state index contributed by atoms with van der Waals surface area (Å²) in [6.07, 6.45) is 0.820. The third-order valence-corrected chi connectivity index (χ3v) is 3.85. The van der Waals surface area contributed by atoms with Crippen molar-refractivity contribution in [3.8, 4) is 5.75 Å². The number of methoxy groups -OCH3 is 1. The summed E-state index contributed by atoms with van der Waals surface area (Å²) in [5.41, 5.74) is 12.4. The Morgan fingerprint density at radius 3 is 2.50 bits per heavy atom. The van der Waals surface area contributed by atoms with E-state index >= 15 is 0 Å². The maximum Gasteiger partial charge on any atom is 0.126 e. The highest BCUT2D eigenvalue weighted by Crippen LogP contribution is 2.31. The van der Waals surface area contributed by atoms with Gasteiger partial charge in [-0.15, -0.1) is 0 Å². The van der Waals surface area contributed by atoms with Crippen LogP contribution in [0.25, 0.3) is 0 Å². The molecule has 2 N–H and O–H groups in total. The fraction of sp³-hybridized carbons (Fsp3) is 0.333. The monoisotopic (exact) mass is 269 g/mol. The first-order chi connectivity index (χ1) is 9.52. The van der Waals surface area contributed by atoms with Crippen molar-refractivity contribution in [1.82, 2.24) is 0 Å². The number of nitrogens with two attached hydrogens (primary N) is 1. The van der Waals surface area contributed by atoms with Crippen LogP contribution in [-0.4, -0.2) is 7.11 Å². The summed E-state index contributed by atoms with van der Waals surface area (Å²) in [6, 6.07) is 12.6. The van der Waals surface area contributed by atoms with Gasteiger partial charge in [0.2, 0.25) is 0 Å². The molecule has 0 aliphatic heterocycles. The summed E-state index contributed by atoms with van der Waals surface area (Å²) in [6.45, 7) is 6.27. The van der Waals surface area contributed by atoms with Crippen molar-refractivity contribution in [3.05, 3.63) is 64.2 Å². The summed E-state index contributed by atoms with van der Waals surface area (Å²) in [5.74, 6) is 0.921. The van der Waals surface area contributed by atoms with Crippen LogP contribution in [0.1, 0.15) is 33.9 Å². The van der Waals surface area contributed by atoms with Gasteiger partial charge in [-0.1, -0.05) is 42.0 Å². The van der Waals surface area contributed by atoms with Crippen molar-refractivity contribution in [3.63, 3.8) is 0 Å². The smallest absolute Gasteiger partial charge is 0.126 e. The molecule has 2 rings (SSSR count). The second kappa shape index (κ2) is 6.10. The quantitative estimate of drug-likeness (QED) is 0.914. The standard InChI is InChI=1S/C18H23NO/c1-12-6-5-7-15(10-12)11-17(19)16-9-8-13(2)14(3)18(16)20-4/h5-10,17H,11,19H2,1-4H3. The highest BCUT2D eigenvalue weighted by molar-refractivity contribution is 5.47. The molecule has 0 aromatic heterocycles. The number of hydrogen-bond donors (Lipinski definition) is 1. The molecule has 2 nitrogen and oxygen atoms in total. The molecule has 0 heterocycles. The minimum absolute atomic E-state index is 0.0500. The second-order valence-electron chi connectivity index (χ2n) is 5.43. The van der Waals surface area contributed by atoms with E-state index < -0.39 is 0 Å². The third kappa shape index (κ3) is 3.02. The number of hydrogen-bond acceptors (Lipinski definition) is 2.